The average molecular weight is 293 g/mol. The first-order valence-electron chi connectivity index (χ1n) is 6.16. The first-order chi connectivity index (χ1) is 9.37. The van der Waals surface area contributed by atoms with E-state index >= 15 is 0 Å². The van der Waals surface area contributed by atoms with Gasteiger partial charge in [-0.15, -0.1) is 0 Å². The third-order valence-corrected chi connectivity index (χ3v) is 4.59. The first-order valence-corrected chi connectivity index (χ1v) is 7.98. The lowest BCUT2D eigenvalue weighted by Crippen LogP contribution is -2.10. The lowest BCUT2D eigenvalue weighted by atomic mass is 10.1. The topological polar surface area (TPSA) is 60.2 Å². The van der Waals surface area contributed by atoms with Crippen LogP contribution < -0.4 is 5.73 Å². The predicted octanol–water partition coefficient (Wildman–Crippen LogP) is 2.83. The molecular weight excluding hydrogens is 277 g/mol. The minimum absolute atomic E-state index is 0.0938. The third-order valence-electron chi connectivity index (χ3n) is 3.09. The number of rotatable bonds is 4. The highest BCUT2D eigenvalue weighted by atomic mass is 32.2. The molecule has 0 aliphatic rings. The number of anilines is 1. The fourth-order valence-electron chi connectivity index (χ4n) is 1.98. The van der Waals surface area contributed by atoms with Crippen molar-refractivity contribution in [2.75, 3.05) is 5.73 Å². The van der Waals surface area contributed by atoms with Crippen molar-refractivity contribution in [2.45, 2.75) is 18.4 Å². The minimum Gasteiger partial charge on any atom is -0.399 e. The van der Waals surface area contributed by atoms with E-state index in [-0.39, 0.29) is 22.8 Å². The molecule has 0 aromatic heterocycles. The molecule has 106 valence electrons. The van der Waals surface area contributed by atoms with E-state index in [9.17, 15) is 12.8 Å². The Balaban J connectivity index is 2.22. The summed E-state index contributed by atoms with van der Waals surface area (Å²) in [5.74, 6) is -1.00. The molecule has 0 saturated heterocycles. The van der Waals surface area contributed by atoms with Gasteiger partial charge in [0, 0.05) is 11.3 Å². The molecule has 0 unspecified atom stereocenters. The molecule has 0 fully saturated rings. The van der Waals surface area contributed by atoms with E-state index in [0.717, 1.165) is 17.2 Å². The van der Waals surface area contributed by atoms with Gasteiger partial charge in [0.25, 0.3) is 0 Å². The second-order valence-corrected chi connectivity index (χ2v) is 6.87. The lowest BCUT2D eigenvalue weighted by Gasteiger charge is -2.08. The van der Waals surface area contributed by atoms with Crippen LogP contribution in [0.2, 0.25) is 0 Å². The quantitative estimate of drug-likeness (QED) is 0.882. The van der Waals surface area contributed by atoms with E-state index in [4.69, 9.17) is 5.73 Å². The Hall–Kier alpha value is -1.88. The highest BCUT2D eigenvalue weighted by molar-refractivity contribution is 7.89. The van der Waals surface area contributed by atoms with Crippen LogP contribution in [0.3, 0.4) is 0 Å². The summed E-state index contributed by atoms with van der Waals surface area (Å²) >= 11 is 0. The highest BCUT2D eigenvalue weighted by Gasteiger charge is 2.16. The van der Waals surface area contributed by atoms with Crippen molar-refractivity contribution >= 4 is 15.5 Å². The van der Waals surface area contributed by atoms with Gasteiger partial charge in [-0.1, -0.05) is 30.3 Å². The Morgan fingerprint density at radius 2 is 1.70 bits per heavy atom. The lowest BCUT2D eigenvalue weighted by molar-refractivity contribution is 0.586. The Morgan fingerprint density at radius 3 is 2.35 bits per heavy atom. The van der Waals surface area contributed by atoms with Gasteiger partial charge in [0.2, 0.25) is 0 Å². The summed E-state index contributed by atoms with van der Waals surface area (Å²) in [5.41, 5.74) is 7.52. The third kappa shape index (κ3) is 3.57. The minimum atomic E-state index is -3.43. The van der Waals surface area contributed by atoms with Gasteiger partial charge < -0.3 is 5.73 Å². The second-order valence-electron chi connectivity index (χ2n) is 4.81. The summed E-state index contributed by atoms with van der Waals surface area (Å²) in [6, 6.07) is 11.3. The summed E-state index contributed by atoms with van der Waals surface area (Å²) < 4.78 is 38.0. The van der Waals surface area contributed by atoms with Crippen LogP contribution in [-0.2, 0) is 21.3 Å². The molecule has 2 aromatic carbocycles. The monoisotopic (exact) mass is 293 g/mol. The summed E-state index contributed by atoms with van der Waals surface area (Å²) in [6.07, 6.45) is 0. The standard InChI is InChI=1S/C15H16FNO2S/c1-11-4-2-3-5-12(11)9-20(18,19)10-13-6-7-14(17)8-15(13)16/h2-8H,9-10,17H2,1H3. The van der Waals surface area contributed by atoms with Crippen molar-refractivity contribution in [3.63, 3.8) is 0 Å². The van der Waals surface area contributed by atoms with Crippen LogP contribution in [-0.4, -0.2) is 8.42 Å². The maximum Gasteiger partial charge on any atom is 0.158 e. The molecule has 2 aromatic rings. The molecule has 0 aliphatic heterocycles. The Bertz CT molecular complexity index is 726. The van der Waals surface area contributed by atoms with Crippen LogP contribution in [0.1, 0.15) is 16.7 Å². The van der Waals surface area contributed by atoms with Gasteiger partial charge in [0.1, 0.15) is 5.82 Å². The van der Waals surface area contributed by atoms with Gasteiger partial charge >= 0.3 is 0 Å². The molecule has 0 aliphatic carbocycles. The average Bonchev–Trinajstić information content (AvgIpc) is 2.35. The number of benzene rings is 2. The SMILES string of the molecule is Cc1ccccc1CS(=O)(=O)Cc1ccc(N)cc1F. The maximum absolute atomic E-state index is 13.7. The van der Waals surface area contributed by atoms with Gasteiger partial charge in [0.05, 0.1) is 11.5 Å². The zero-order valence-electron chi connectivity index (χ0n) is 11.1. The fraction of sp³-hybridized carbons (Fsp3) is 0.200. The molecule has 0 atom stereocenters. The Kier molecular flexibility index (Phi) is 4.09. The first kappa shape index (κ1) is 14.5. The van der Waals surface area contributed by atoms with Crippen LogP contribution in [0.25, 0.3) is 0 Å². The number of hydrogen-bond donors (Lipinski definition) is 1. The largest absolute Gasteiger partial charge is 0.399 e. The Morgan fingerprint density at radius 1 is 1.05 bits per heavy atom. The van der Waals surface area contributed by atoms with Crippen molar-refractivity contribution in [3.05, 3.63) is 65.0 Å². The van der Waals surface area contributed by atoms with Crippen LogP contribution in [0.5, 0.6) is 0 Å². The summed E-state index contributed by atoms with van der Waals surface area (Å²) in [5, 5.41) is 0. The van der Waals surface area contributed by atoms with Crippen molar-refractivity contribution < 1.29 is 12.8 Å². The van der Waals surface area contributed by atoms with Gasteiger partial charge in [-0.2, -0.15) is 0 Å². The summed E-state index contributed by atoms with van der Waals surface area (Å²) in [7, 11) is -3.43. The molecule has 0 heterocycles. The van der Waals surface area contributed by atoms with Gasteiger partial charge in [-0.05, 0) is 30.2 Å². The molecule has 20 heavy (non-hydrogen) atoms. The molecule has 2 rings (SSSR count). The molecular formula is C15H16FNO2S. The predicted molar refractivity (Wildman–Crippen MR) is 78.3 cm³/mol. The maximum atomic E-state index is 13.7. The molecule has 0 saturated carbocycles. The Labute approximate surface area is 118 Å². The van der Waals surface area contributed by atoms with E-state index in [1.165, 1.54) is 12.1 Å². The summed E-state index contributed by atoms with van der Waals surface area (Å²) in [6.45, 7) is 1.86. The zero-order chi connectivity index (χ0) is 14.8. The number of hydrogen-bond acceptors (Lipinski definition) is 3. The van der Waals surface area contributed by atoms with E-state index in [0.29, 0.717) is 0 Å². The van der Waals surface area contributed by atoms with E-state index in [2.05, 4.69) is 0 Å². The van der Waals surface area contributed by atoms with Crippen LogP contribution >= 0.6 is 0 Å². The fourth-order valence-corrected chi connectivity index (χ4v) is 3.59. The van der Waals surface area contributed by atoms with E-state index < -0.39 is 15.7 Å². The van der Waals surface area contributed by atoms with E-state index in [1.54, 1.807) is 12.1 Å². The second kappa shape index (κ2) is 5.63. The zero-order valence-corrected chi connectivity index (χ0v) is 12.0. The highest BCUT2D eigenvalue weighted by Crippen LogP contribution is 2.18. The number of aryl methyl sites for hydroxylation is 1. The molecule has 5 heteroatoms. The number of halogens is 1. The van der Waals surface area contributed by atoms with Gasteiger partial charge in [0.15, 0.2) is 9.84 Å². The van der Waals surface area contributed by atoms with Crippen molar-refractivity contribution in [1.82, 2.24) is 0 Å². The van der Waals surface area contributed by atoms with Crippen LogP contribution in [0.4, 0.5) is 10.1 Å². The van der Waals surface area contributed by atoms with Crippen LogP contribution in [0.15, 0.2) is 42.5 Å². The van der Waals surface area contributed by atoms with Gasteiger partial charge in [-0.25, -0.2) is 12.8 Å². The number of sulfone groups is 1. The van der Waals surface area contributed by atoms with Crippen LogP contribution in [0, 0.1) is 12.7 Å². The summed E-state index contributed by atoms with van der Waals surface area (Å²) in [4.78, 5) is 0. The van der Waals surface area contributed by atoms with Gasteiger partial charge in [-0.3, -0.25) is 0 Å². The van der Waals surface area contributed by atoms with Crippen molar-refractivity contribution in [3.8, 4) is 0 Å². The van der Waals surface area contributed by atoms with Crippen molar-refractivity contribution in [2.24, 2.45) is 0 Å². The molecule has 2 N–H and O–H groups in total. The number of nitrogen functional groups attached to an aromatic ring is 1. The molecule has 0 bridgehead atoms. The molecule has 0 spiro atoms. The molecule has 0 radical (unpaired) electrons. The molecule has 0 amide bonds. The smallest absolute Gasteiger partial charge is 0.158 e. The number of nitrogens with two attached hydrogens (primary N) is 1. The van der Waals surface area contributed by atoms with Crippen molar-refractivity contribution in [1.29, 1.82) is 0 Å². The molecule has 3 nitrogen and oxygen atoms in total. The van der Waals surface area contributed by atoms with E-state index in [1.807, 2.05) is 19.1 Å². The normalized spacial score (nSPS) is 11.5.